The first kappa shape index (κ1) is 8.49. The lowest BCUT2D eigenvalue weighted by Crippen LogP contribution is -1.84. The van der Waals surface area contributed by atoms with Crippen LogP contribution in [0, 0.1) is 0 Å². The molecule has 11 heavy (non-hydrogen) atoms. The number of hydrogen-bond acceptors (Lipinski definition) is 3. The topological polar surface area (TPSA) is 46.3 Å². The van der Waals surface area contributed by atoms with E-state index in [4.69, 9.17) is 9.52 Å². The van der Waals surface area contributed by atoms with E-state index in [1.54, 1.807) is 6.08 Å². The molecule has 60 valence electrons. The smallest absolute Gasteiger partial charge is 0.199 e. The van der Waals surface area contributed by atoms with E-state index < -0.39 is 0 Å². The molecule has 1 aromatic heterocycles. The van der Waals surface area contributed by atoms with E-state index in [1.807, 2.05) is 0 Å². The summed E-state index contributed by atoms with van der Waals surface area (Å²) in [6.45, 7) is 3.43. The number of hydrogen-bond donors (Lipinski definition) is 1. The molecule has 0 fully saturated rings. The predicted octanol–water partition coefficient (Wildman–Crippen LogP) is 1.66. The second-order valence-electron chi connectivity index (χ2n) is 1.98. The highest BCUT2D eigenvalue weighted by Crippen LogP contribution is 2.18. The zero-order valence-corrected chi connectivity index (χ0v) is 7.47. The number of oxazole rings is 1. The van der Waals surface area contributed by atoms with Gasteiger partial charge in [-0.15, -0.1) is 6.58 Å². The van der Waals surface area contributed by atoms with E-state index in [2.05, 4.69) is 27.5 Å². The Morgan fingerprint density at radius 2 is 2.45 bits per heavy atom. The van der Waals surface area contributed by atoms with E-state index in [0.29, 0.717) is 22.7 Å². The number of aliphatic hydroxyl groups is 1. The molecule has 0 spiro atoms. The summed E-state index contributed by atoms with van der Waals surface area (Å²) in [5.41, 5.74) is 0.529. The molecule has 1 rings (SSSR count). The average Bonchev–Trinajstić information content (AvgIpc) is 2.32. The fourth-order valence-electron chi connectivity index (χ4n) is 0.688. The maximum atomic E-state index is 8.72. The highest BCUT2D eigenvalue weighted by atomic mass is 79.9. The Hall–Kier alpha value is -0.610. The fraction of sp³-hybridized carbons (Fsp3) is 0.286. The number of halogens is 1. The molecule has 0 unspecified atom stereocenters. The molecule has 3 nitrogen and oxygen atoms in total. The van der Waals surface area contributed by atoms with Crippen LogP contribution in [0.5, 0.6) is 0 Å². The third-order valence-corrected chi connectivity index (χ3v) is 1.78. The van der Waals surface area contributed by atoms with Crippen molar-refractivity contribution in [3.05, 3.63) is 28.9 Å². The first-order valence-electron chi connectivity index (χ1n) is 3.13. The van der Waals surface area contributed by atoms with Crippen molar-refractivity contribution in [3.8, 4) is 0 Å². The highest BCUT2D eigenvalue weighted by Gasteiger charge is 2.07. The molecule has 4 heteroatoms. The average molecular weight is 218 g/mol. The van der Waals surface area contributed by atoms with Gasteiger partial charge in [0.15, 0.2) is 10.6 Å². The Morgan fingerprint density at radius 3 is 2.91 bits per heavy atom. The molecule has 1 aromatic rings. The largest absolute Gasteiger partial charge is 0.433 e. The first-order valence-corrected chi connectivity index (χ1v) is 3.93. The van der Waals surface area contributed by atoms with Crippen molar-refractivity contribution in [2.75, 3.05) is 0 Å². The van der Waals surface area contributed by atoms with Crippen LogP contribution >= 0.6 is 15.9 Å². The summed E-state index contributed by atoms with van der Waals surface area (Å²) >= 11 is 3.12. The van der Waals surface area contributed by atoms with Gasteiger partial charge in [0, 0.05) is 6.42 Å². The second-order valence-corrected chi connectivity index (χ2v) is 2.70. The quantitative estimate of drug-likeness (QED) is 0.784. The van der Waals surface area contributed by atoms with Gasteiger partial charge in [-0.3, -0.25) is 0 Å². The maximum absolute atomic E-state index is 8.72. The van der Waals surface area contributed by atoms with Crippen LogP contribution in [-0.2, 0) is 13.0 Å². The van der Waals surface area contributed by atoms with E-state index in [-0.39, 0.29) is 6.61 Å². The summed E-state index contributed by atoms with van der Waals surface area (Å²) in [7, 11) is 0. The molecular weight excluding hydrogens is 210 g/mol. The Morgan fingerprint density at radius 1 is 1.73 bits per heavy atom. The monoisotopic (exact) mass is 217 g/mol. The van der Waals surface area contributed by atoms with Crippen molar-refractivity contribution < 1.29 is 9.52 Å². The number of nitrogens with zero attached hydrogens (tertiary/aromatic N) is 1. The first-order chi connectivity index (χ1) is 5.27. The van der Waals surface area contributed by atoms with Crippen LogP contribution in [-0.4, -0.2) is 10.1 Å². The van der Waals surface area contributed by atoms with E-state index in [0.717, 1.165) is 0 Å². The minimum absolute atomic E-state index is 0.110. The molecule has 0 bridgehead atoms. The second kappa shape index (κ2) is 3.69. The van der Waals surface area contributed by atoms with Crippen LogP contribution in [0.3, 0.4) is 0 Å². The van der Waals surface area contributed by atoms with Crippen molar-refractivity contribution in [2.45, 2.75) is 13.0 Å². The van der Waals surface area contributed by atoms with Gasteiger partial charge >= 0.3 is 0 Å². The number of aromatic nitrogens is 1. The molecule has 0 amide bonds. The summed E-state index contributed by atoms with van der Waals surface area (Å²) in [4.78, 5) is 3.98. The van der Waals surface area contributed by atoms with Gasteiger partial charge < -0.3 is 9.52 Å². The SMILES string of the molecule is C=CCc1nc(CO)c(Br)o1. The lowest BCUT2D eigenvalue weighted by molar-refractivity contribution is 0.275. The van der Waals surface area contributed by atoms with Crippen LogP contribution in [0.25, 0.3) is 0 Å². The third kappa shape index (κ3) is 1.91. The molecule has 0 atom stereocenters. The summed E-state index contributed by atoms with van der Waals surface area (Å²) in [5, 5.41) is 8.72. The molecular formula is C7H8BrNO2. The summed E-state index contributed by atoms with van der Waals surface area (Å²) < 4.78 is 5.62. The van der Waals surface area contributed by atoms with Crippen molar-refractivity contribution in [3.63, 3.8) is 0 Å². The maximum Gasteiger partial charge on any atom is 0.199 e. The van der Waals surface area contributed by atoms with Gasteiger partial charge in [-0.25, -0.2) is 4.98 Å². The lowest BCUT2D eigenvalue weighted by atomic mass is 10.4. The van der Waals surface area contributed by atoms with Gasteiger partial charge in [-0.2, -0.15) is 0 Å². The normalized spacial score (nSPS) is 10.0. The minimum atomic E-state index is -0.110. The van der Waals surface area contributed by atoms with Gasteiger partial charge in [0.2, 0.25) is 0 Å². The molecule has 1 heterocycles. The summed E-state index contributed by atoms with van der Waals surface area (Å²) in [5.74, 6) is 0.566. The van der Waals surface area contributed by atoms with Gasteiger partial charge in [0.1, 0.15) is 5.69 Å². The zero-order valence-electron chi connectivity index (χ0n) is 5.88. The van der Waals surface area contributed by atoms with Crippen LogP contribution in [0.4, 0.5) is 0 Å². The van der Waals surface area contributed by atoms with Crippen molar-refractivity contribution in [1.29, 1.82) is 0 Å². The van der Waals surface area contributed by atoms with Crippen molar-refractivity contribution >= 4 is 15.9 Å². The van der Waals surface area contributed by atoms with Crippen molar-refractivity contribution in [1.82, 2.24) is 4.98 Å². The number of allylic oxidation sites excluding steroid dienone is 1. The number of rotatable bonds is 3. The molecule has 1 N–H and O–H groups in total. The van der Waals surface area contributed by atoms with Gasteiger partial charge in [0.05, 0.1) is 6.61 Å². The standard InChI is InChI=1S/C7H8BrNO2/c1-2-3-6-9-5(4-10)7(8)11-6/h2,10H,1,3-4H2. The summed E-state index contributed by atoms with van der Waals surface area (Å²) in [6, 6.07) is 0. The van der Waals surface area contributed by atoms with Crippen LogP contribution in [0.1, 0.15) is 11.6 Å². The molecule has 0 aliphatic heterocycles. The molecule has 0 aliphatic carbocycles. The molecule has 0 saturated heterocycles. The van der Waals surface area contributed by atoms with E-state index in [1.165, 1.54) is 0 Å². The predicted molar refractivity (Wildman–Crippen MR) is 44.0 cm³/mol. The van der Waals surface area contributed by atoms with Crippen LogP contribution in [0.2, 0.25) is 0 Å². The Labute approximate surface area is 72.9 Å². The minimum Gasteiger partial charge on any atom is -0.433 e. The van der Waals surface area contributed by atoms with Gasteiger partial charge in [0.25, 0.3) is 0 Å². The molecule has 0 radical (unpaired) electrons. The lowest BCUT2D eigenvalue weighted by Gasteiger charge is -1.82. The van der Waals surface area contributed by atoms with Gasteiger partial charge in [-0.1, -0.05) is 6.08 Å². The van der Waals surface area contributed by atoms with E-state index in [9.17, 15) is 0 Å². The molecule has 0 saturated carbocycles. The van der Waals surface area contributed by atoms with E-state index >= 15 is 0 Å². The van der Waals surface area contributed by atoms with Gasteiger partial charge in [-0.05, 0) is 15.9 Å². The fourth-order valence-corrected chi connectivity index (χ4v) is 1.09. The number of aliphatic hydroxyl groups excluding tert-OH is 1. The molecule has 0 aromatic carbocycles. The molecule has 0 aliphatic rings. The van der Waals surface area contributed by atoms with Crippen LogP contribution < -0.4 is 0 Å². The van der Waals surface area contributed by atoms with Crippen LogP contribution in [0.15, 0.2) is 21.7 Å². The summed E-state index contributed by atoms with van der Waals surface area (Å²) in [6.07, 6.45) is 2.28. The Kier molecular flexibility index (Phi) is 2.84. The highest BCUT2D eigenvalue weighted by molar-refractivity contribution is 9.10. The Bertz CT molecular complexity index is 257. The van der Waals surface area contributed by atoms with Crippen molar-refractivity contribution in [2.24, 2.45) is 0 Å². The zero-order chi connectivity index (χ0) is 8.27. The Balaban J connectivity index is 2.85. The third-order valence-electron chi connectivity index (χ3n) is 1.16.